The number of rotatable bonds is 6. The Balaban J connectivity index is 2.64. The molecule has 1 aromatic rings. The van der Waals surface area contributed by atoms with Crippen molar-refractivity contribution in [3.05, 3.63) is 18.5 Å². The molecule has 14 heavy (non-hydrogen) atoms. The van der Waals surface area contributed by atoms with Gasteiger partial charge in [-0.2, -0.15) is 0 Å². The number of aromatic nitrogens is 2. The highest BCUT2D eigenvalue weighted by Gasteiger charge is 2.28. The van der Waals surface area contributed by atoms with Crippen molar-refractivity contribution in [1.29, 1.82) is 0 Å². The van der Waals surface area contributed by atoms with Gasteiger partial charge in [-0.05, 0) is 19.9 Å². The van der Waals surface area contributed by atoms with Crippen molar-refractivity contribution in [2.24, 2.45) is 0 Å². The van der Waals surface area contributed by atoms with Crippen molar-refractivity contribution in [2.75, 3.05) is 13.2 Å². The molecule has 0 aromatic carbocycles. The van der Waals surface area contributed by atoms with Crippen LogP contribution in [0.3, 0.4) is 0 Å². The summed E-state index contributed by atoms with van der Waals surface area (Å²) in [6.07, 6.45) is 3.01. The quantitative estimate of drug-likeness (QED) is 0.679. The molecule has 1 aromatic heterocycles. The van der Waals surface area contributed by atoms with Gasteiger partial charge in [-0.25, -0.2) is 4.57 Å². The van der Waals surface area contributed by atoms with Gasteiger partial charge in [-0.1, -0.05) is 4.85 Å². The zero-order chi connectivity index (χ0) is 10.4. The molecule has 0 aliphatic carbocycles. The Hall–Kier alpha value is -0.840. The third kappa shape index (κ3) is 3.14. The van der Waals surface area contributed by atoms with Crippen LogP contribution in [0.1, 0.15) is 13.8 Å². The zero-order valence-electron chi connectivity index (χ0n) is 8.12. The van der Waals surface area contributed by atoms with E-state index in [-0.39, 0.29) is 13.2 Å². The molecular formula is C7H13N2O4P. The van der Waals surface area contributed by atoms with Gasteiger partial charge in [-0.15, -0.1) is 5.10 Å². The molecule has 80 valence electrons. The van der Waals surface area contributed by atoms with E-state index in [4.69, 9.17) is 13.7 Å². The average Bonchev–Trinajstić information content (AvgIpc) is 2.57. The first-order chi connectivity index (χ1) is 6.70. The first kappa shape index (κ1) is 11.2. The molecule has 0 saturated heterocycles. The molecule has 0 radical (unpaired) electrons. The monoisotopic (exact) mass is 220 g/mol. The summed E-state index contributed by atoms with van der Waals surface area (Å²) in [6.45, 7) is 3.91. The first-order valence-corrected chi connectivity index (χ1v) is 5.75. The van der Waals surface area contributed by atoms with E-state index >= 15 is 0 Å². The highest BCUT2D eigenvalue weighted by atomic mass is 31.2. The SMILES string of the molecule is CCOP(=O)(OCC)On1cccn1. The smallest absolute Gasteiger partial charge is 0.293 e. The molecule has 0 amide bonds. The van der Waals surface area contributed by atoms with Crippen LogP contribution in [0.25, 0.3) is 0 Å². The van der Waals surface area contributed by atoms with E-state index in [1.807, 2.05) is 0 Å². The maximum atomic E-state index is 11.8. The van der Waals surface area contributed by atoms with Crippen LogP contribution < -0.4 is 4.62 Å². The number of phosphoric acid groups is 1. The molecule has 0 saturated carbocycles. The Morgan fingerprint density at radius 3 is 2.43 bits per heavy atom. The molecule has 0 fully saturated rings. The van der Waals surface area contributed by atoms with Crippen LogP contribution in [0, 0.1) is 0 Å². The number of phosphoric ester groups is 1. The van der Waals surface area contributed by atoms with E-state index in [9.17, 15) is 4.57 Å². The largest absolute Gasteiger partial charge is 0.550 e. The van der Waals surface area contributed by atoms with E-state index < -0.39 is 7.82 Å². The number of nitrogens with zero attached hydrogens (tertiary/aromatic N) is 2. The molecule has 0 unspecified atom stereocenters. The molecule has 0 aliphatic heterocycles. The Labute approximate surface area is 82.3 Å². The summed E-state index contributed by atoms with van der Waals surface area (Å²) >= 11 is 0. The molecule has 1 heterocycles. The summed E-state index contributed by atoms with van der Waals surface area (Å²) in [7, 11) is -3.51. The van der Waals surface area contributed by atoms with E-state index in [2.05, 4.69) is 5.10 Å². The second kappa shape index (κ2) is 5.14. The van der Waals surface area contributed by atoms with Crippen LogP contribution in [-0.2, 0) is 13.6 Å². The third-order valence-corrected chi connectivity index (χ3v) is 2.75. The molecular weight excluding hydrogens is 207 g/mol. The predicted octanol–water partition coefficient (Wildman–Crippen LogP) is 1.49. The molecule has 0 aliphatic rings. The molecule has 1 rings (SSSR count). The maximum Gasteiger partial charge on any atom is 0.550 e. The Morgan fingerprint density at radius 2 is 2.00 bits per heavy atom. The normalized spacial score (nSPS) is 11.6. The highest BCUT2D eigenvalue weighted by molar-refractivity contribution is 7.48. The van der Waals surface area contributed by atoms with Gasteiger partial charge < -0.3 is 0 Å². The Bertz CT molecular complexity index is 291. The lowest BCUT2D eigenvalue weighted by molar-refractivity contribution is 0.0986. The van der Waals surface area contributed by atoms with Gasteiger partial charge in [0.25, 0.3) is 0 Å². The van der Waals surface area contributed by atoms with E-state index in [1.165, 1.54) is 12.4 Å². The van der Waals surface area contributed by atoms with Gasteiger partial charge in [0.2, 0.25) is 0 Å². The van der Waals surface area contributed by atoms with Crippen molar-refractivity contribution >= 4 is 7.82 Å². The van der Waals surface area contributed by atoms with Crippen molar-refractivity contribution < 1.29 is 18.2 Å². The van der Waals surface area contributed by atoms with Crippen molar-refractivity contribution in [3.63, 3.8) is 0 Å². The van der Waals surface area contributed by atoms with Crippen molar-refractivity contribution in [1.82, 2.24) is 9.94 Å². The summed E-state index contributed by atoms with van der Waals surface area (Å²) in [5.41, 5.74) is 0. The second-order valence-corrected chi connectivity index (χ2v) is 3.85. The Kier molecular flexibility index (Phi) is 4.13. The molecule has 0 N–H and O–H groups in total. The van der Waals surface area contributed by atoms with Crippen LogP contribution in [-0.4, -0.2) is 23.2 Å². The van der Waals surface area contributed by atoms with Crippen LogP contribution >= 0.6 is 7.82 Å². The van der Waals surface area contributed by atoms with Crippen molar-refractivity contribution in [3.8, 4) is 0 Å². The lowest BCUT2D eigenvalue weighted by Gasteiger charge is -2.15. The van der Waals surface area contributed by atoms with Gasteiger partial charge in [0, 0.05) is 0 Å². The maximum absolute atomic E-state index is 11.8. The van der Waals surface area contributed by atoms with Crippen LogP contribution in [0.4, 0.5) is 0 Å². The average molecular weight is 220 g/mol. The van der Waals surface area contributed by atoms with Gasteiger partial charge in [0.1, 0.15) is 0 Å². The summed E-state index contributed by atoms with van der Waals surface area (Å²) in [6, 6.07) is 1.64. The summed E-state index contributed by atoms with van der Waals surface area (Å²) in [5.74, 6) is 0. The first-order valence-electron chi connectivity index (χ1n) is 4.29. The number of hydrogen-bond acceptors (Lipinski definition) is 5. The van der Waals surface area contributed by atoms with Gasteiger partial charge in [-0.3, -0.25) is 13.7 Å². The van der Waals surface area contributed by atoms with Crippen LogP contribution in [0.15, 0.2) is 18.5 Å². The fraction of sp³-hybridized carbons (Fsp3) is 0.571. The minimum atomic E-state index is -3.51. The molecule has 0 atom stereocenters. The van der Waals surface area contributed by atoms with Crippen LogP contribution in [0.2, 0.25) is 0 Å². The van der Waals surface area contributed by atoms with E-state index in [0.717, 1.165) is 4.85 Å². The lowest BCUT2D eigenvalue weighted by Crippen LogP contribution is -2.13. The van der Waals surface area contributed by atoms with E-state index in [0.29, 0.717) is 0 Å². The zero-order valence-corrected chi connectivity index (χ0v) is 9.02. The number of hydrogen-bond donors (Lipinski definition) is 0. The van der Waals surface area contributed by atoms with Gasteiger partial charge in [0.15, 0.2) is 0 Å². The fourth-order valence-electron chi connectivity index (χ4n) is 0.806. The standard InChI is InChI=1S/C7H13N2O4P/c1-3-11-14(10,12-4-2)13-9-7-5-6-8-9/h5-7H,3-4H2,1-2H3. The van der Waals surface area contributed by atoms with Crippen LogP contribution in [0.5, 0.6) is 0 Å². The Morgan fingerprint density at radius 1 is 1.36 bits per heavy atom. The molecule has 0 bridgehead atoms. The summed E-state index contributed by atoms with van der Waals surface area (Å²) in [4.78, 5) is 1.05. The second-order valence-electron chi connectivity index (χ2n) is 2.27. The molecule has 0 spiro atoms. The summed E-state index contributed by atoms with van der Waals surface area (Å²) < 4.78 is 26.5. The minimum absolute atomic E-state index is 0.249. The summed E-state index contributed by atoms with van der Waals surface area (Å²) in [5, 5.41) is 3.73. The minimum Gasteiger partial charge on any atom is -0.293 e. The topological polar surface area (TPSA) is 62.6 Å². The van der Waals surface area contributed by atoms with Crippen molar-refractivity contribution in [2.45, 2.75) is 13.8 Å². The molecule has 6 nitrogen and oxygen atoms in total. The van der Waals surface area contributed by atoms with Gasteiger partial charge >= 0.3 is 7.82 Å². The predicted molar refractivity (Wildman–Crippen MR) is 49.7 cm³/mol. The fourth-order valence-corrected chi connectivity index (χ4v) is 1.91. The molecule has 7 heteroatoms. The lowest BCUT2D eigenvalue weighted by atomic mass is 10.8. The highest BCUT2D eigenvalue weighted by Crippen LogP contribution is 2.45. The van der Waals surface area contributed by atoms with Gasteiger partial charge in [0.05, 0.1) is 25.6 Å². The van der Waals surface area contributed by atoms with E-state index in [1.54, 1.807) is 19.9 Å². The third-order valence-electron chi connectivity index (χ3n) is 1.24.